The zero-order valence-electron chi connectivity index (χ0n) is 22.4. The van der Waals surface area contributed by atoms with Crippen molar-refractivity contribution < 1.29 is 40.6 Å². The van der Waals surface area contributed by atoms with E-state index in [0.29, 0.717) is 13.0 Å². The number of hydrogen-bond acceptors (Lipinski definition) is 7. The number of nitriles is 1. The molecule has 0 spiro atoms. The van der Waals surface area contributed by atoms with Gasteiger partial charge in [0.15, 0.2) is 15.6 Å². The third-order valence-electron chi connectivity index (χ3n) is 6.91. The average molecular weight is 606 g/mol. The van der Waals surface area contributed by atoms with Crippen molar-refractivity contribution >= 4 is 21.4 Å². The van der Waals surface area contributed by atoms with Gasteiger partial charge in [-0.05, 0) is 54.6 Å². The molecule has 1 fully saturated rings. The van der Waals surface area contributed by atoms with E-state index in [4.69, 9.17) is 4.74 Å². The summed E-state index contributed by atoms with van der Waals surface area (Å²) in [5, 5.41) is 22.7. The van der Waals surface area contributed by atoms with Gasteiger partial charge in [0.1, 0.15) is 17.7 Å². The van der Waals surface area contributed by atoms with Crippen LogP contribution in [0.25, 0.3) is 0 Å². The first kappa shape index (κ1) is 30.8. The second kappa shape index (κ2) is 12.0. The van der Waals surface area contributed by atoms with Gasteiger partial charge in [-0.25, -0.2) is 12.8 Å². The molecule has 0 aliphatic carbocycles. The standard InChI is InChI=1S/C29H27F4N3O5S/c1-2-42(39,40)24-10-6-20(7-11-24)28(38,14-15-34)35-27(37)19-3-12-26(25(30)17-19)36-16-13-23(18-36)41-22-8-4-21(5-9-22)29(31,32)33/h3-12,17,23,38H,2,13-14,16,18H2,1H3,(H,35,37)/t23-,28+/m1/s1. The molecule has 1 amide bonds. The van der Waals surface area contributed by atoms with Crippen LogP contribution in [-0.4, -0.2) is 44.4 Å². The first-order valence-corrected chi connectivity index (χ1v) is 14.5. The average Bonchev–Trinajstić information content (AvgIpc) is 3.41. The summed E-state index contributed by atoms with van der Waals surface area (Å²) < 4.78 is 83.4. The van der Waals surface area contributed by atoms with Crippen molar-refractivity contribution in [3.63, 3.8) is 0 Å². The number of halogens is 4. The summed E-state index contributed by atoms with van der Waals surface area (Å²) >= 11 is 0. The molecule has 8 nitrogen and oxygen atoms in total. The number of aliphatic hydroxyl groups is 1. The predicted octanol–water partition coefficient (Wildman–Crippen LogP) is 4.78. The molecule has 0 unspecified atom stereocenters. The molecule has 3 aromatic rings. The van der Waals surface area contributed by atoms with E-state index >= 15 is 4.39 Å². The summed E-state index contributed by atoms with van der Waals surface area (Å²) in [5.74, 6) is -1.46. The molecule has 1 saturated heterocycles. The van der Waals surface area contributed by atoms with Gasteiger partial charge >= 0.3 is 6.18 Å². The van der Waals surface area contributed by atoms with E-state index in [2.05, 4.69) is 5.32 Å². The Bertz CT molecular complexity index is 1590. The number of nitrogens with zero attached hydrogens (tertiary/aromatic N) is 2. The summed E-state index contributed by atoms with van der Waals surface area (Å²) in [6.45, 7) is 2.15. The summed E-state index contributed by atoms with van der Waals surface area (Å²) in [6.07, 6.45) is -4.93. The lowest BCUT2D eigenvalue weighted by molar-refractivity contribution is -0.137. The summed E-state index contributed by atoms with van der Waals surface area (Å²) in [4.78, 5) is 14.7. The molecule has 2 N–H and O–H groups in total. The number of hydrogen-bond donors (Lipinski definition) is 2. The van der Waals surface area contributed by atoms with E-state index in [0.717, 1.165) is 18.2 Å². The minimum atomic E-state index is -4.46. The number of carbonyl (C=O) groups excluding carboxylic acids is 1. The number of rotatable bonds is 9. The molecule has 4 rings (SSSR count). The van der Waals surface area contributed by atoms with Crippen LogP contribution < -0.4 is 15.0 Å². The molecule has 13 heteroatoms. The number of sulfone groups is 1. The lowest BCUT2D eigenvalue weighted by atomic mass is 9.99. The molecule has 0 saturated carbocycles. The molecule has 1 aliphatic heterocycles. The monoisotopic (exact) mass is 605 g/mol. The zero-order chi connectivity index (χ0) is 30.7. The van der Waals surface area contributed by atoms with E-state index in [9.17, 15) is 36.8 Å². The SMILES string of the molecule is CCS(=O)(=O)c1ccc([C@@](O)(CC#N)NC(=O)c2ccc(N3CC[C@@H](Oc4ccc(C(F)(F)F)cc4)C3)c(F)c2)cc1. The van der Waals surface area contributed by atoms with Crippen LogP contribution in [-0.2, 0) is 21.7 Å². The Balaban J connectivity index is 1.43. The van der Waals surface area contributed by atoms with Crippen LogP contribution in [0.15, 0.2) is 71.6 Å². The Kier molecular flexibility index (Phi) is 8.79. The highest BCUT2D eigenvalue weighted by molar-refractivity contribution is 7.91. The van der Waals surface area contributed by atoms with E-state index in [1.807, 2.05) is 0 Å². The van der Waals surface area contributed by atoms with Gasteiger partial charge in [-0.2, -0.15) is 18.4 Å². The number of ether oxygens (including phenoxy) is 1. The largest absolute Gasteiger partial charge is 0.489 e. The van der Waals surface area contributed by atoms with Gasteiger partial charge in [-0.1, -0.05) is 19.1 Å². The Morgan fingerprint density at radius 1 is 1.10 bits per heavy atom. The third kappa shape index (κ3) is 6.83. The highest BCUT2D eigenvalue weighted by Crippen LogP contribution is 2.32. The molecule has 1 heterocycles. The smallest absolute Gasteiger partial charge is 0.416 e. The van der Waals surface area contributed by atoms with E-state index in [-0.39, 0.29) is 39.8 Å². The summed E-state index contributed by atoms with van der Waals surface area (Å²) in [6, 6.07) is 14.9. The van der Waals surface area contributed by atoms with Crippen molar-refractivity contribution in [3.05, 3.63) is 89.2 Å². The van der Waals surface area contributed by atoms with Crippen molar-refractivity contribution in [3.8, 4) is 11.8 Å². The van der Waals surface area contributed by atoms with Crippen LogP contribution in [0.5, 0.6) is 5.75 Å². The number of nitrogens with one attached hydrogen (secondary N) is 1. The first-order chi connectivity index (χ1) is 19.8. The highest BCUT2D eigenvalue weighted by atomic mass is 32.2. The highest BCUT2D eigenvalue weighted by Gasteiger charge is 2.33. The Hall–Kier alpha value is -4.15. The van der Waals surface area contributed by atoms with Crippen molar-refractivity contribution in [2.45, 2.75) is 42.7 Å². The van der Waals surface area contributed by atoms with Gasteiger partial charge in [0.2, 0.25) is 0 Å². The number of anilines is 1. The van der Waals surface area contributed by atoms with Crippen LogP contribution >= 0.6 is 0 Å². The van der Waals surface area contributed by atoms with Gasteiger partial charge < -0.3 is 20.1 Å². The fourth-order valence-electron chi connectivity index (χ4n) is 4.56. The van der Waals surface area contributed by atoms with Gasteiger partial charge in [0, 0.05) is 24.1 Å². The molecule has 0 radical (unpaired) electrons. The molecule has 222 valence electrons. The summed E-state index contributed by atoms with van der Waals surface area (Å²) in [7, 11) is -3.51. The van der Waals surface area contributed by atoms with Gasteiger partial charge in [-0.3, -0.25) is 4.79 Å². The second-order valence-corrected chi connectivity index (χ2v) is 12.0. The molecule has 2 atom stereocenters. The Morgan fingerprint density at radius 2 is 1.74 bits per heavy atom. The predicted molar refractivity (Wildman–Crippen MR) is 145 cm³/mol. The van der Waals surface area contributed by atoms with E-state index < -0.39 is 51.6 Å². The number of alkyl halides is 3. The zero-order valence-corrected chi connectivity index (χ0v) is 23.2. The lowest BCUT2D eigenvalue weighted by Gasteiger charge is -2.28. The molecule has 3 aromatic carbocycles. The van der Waals surface area contributed by atoms with Crippen molar-refractivity contribution in [1.82, 2.24) is 5.32 Å². The van der Waals surface area contributed by atoms with E-state index in [1.54, 1.807) is 11.0 Å². The molecule has 0 bridgehead atoms. The van der Waals surface area contributed by atoms with Gasteiger partial charge in [0.25, 0.3) is 5.91 Å². The Labute approximate surface area is 240 Å². The maximum absolute atomic E-state index is 15.1. The number of amides is 1. The van der Waals surface area contributed by atoms with Crippen molar-refractivity contribution in [2.75, 3.05) is 23.7 Å². The first-order valence-electron chi connectivity index (χ1n) is 12.9. The topological polar surface area (TPSA) is 120 Å². The fraction of sp³-hybridized carbons (Fsp3) is 0.310. The van der Waals surface area contributed by atoms with Crippen molar-refractivity contribution in [1.29, 1.82) is 5.26 Å². The normalized spacial score (nSPS) is 16.9. The number of carbonyl (C=O) groups is 1. The van der Waals surface area contributed by atoms with E-state index in [1.165, 1.54) is 55.5 Å². The van der Waals surface area contributed by atoms with Crippen molar-refractivity contribution in [2.24, 2.45) is 0 Å². The van der Waals surface area contributed by atoms with Crippen LogP contribution in [0.1, 0.15) is 41.3 Å². The molecule has 42 heavy (non-hydrogen) atoms. The van der Waals surface area contributed by atoms with Crippen LogP contribution in [0.4, 0.5) is 23.2 Å². The lowest BCUT2D eigenvalue weighted by Crippen LogP contribution is -2.45. The van der Waals surface area contributed by atoms with Gasteiger partial charge in [-0.15, -0.1) is 0 Å². The number of benzene rings is 3. The van der Waals surface area contributed by atoms with Crippen LogP contribution in [0.2, 0.25) is 0 Å². The minimum absolute atomic E-state index is 0.0194. The maximum Gasteiger partial charge on any atom is 0.416 e. The quantitative estimate of drug-likeness (QED) is 0.266. The molecule has 1 aliphatic rings. The molecular formula is C29H27F4N3O5S. The summed E-state index contributed by atoms with van der Waals surface area (Å²) in [5.41, 5.74) is -2.84. The third-order valence-corrected chi connectivity index (χ3v) is 8.66. The van der Waals surface area contributed by atoms with Crippen LogP contribution in [0, 0.1) is 17.1 Å². The maximum atomic E-state index is 15.1. The Morgan fingerprint density at radius 3 is 2.31 bits per heavy atom. The molecular weight excluding hydrogens is 578 g/mol. The second-order valence-electron chi connectivity index (χ2n) is 9.74. The van der Waals surface area contributed by atoms with Gasteiger partial charge in [0.05, 0.1) is 40.9 Å². The minimum Gasteiger partial charge on any atom is -0.489 e. The molecule has 0 aromatic heterocycles. The van der Waals surface area contributed by atoms with Crippen LogP contribution in [0.3, 0.4) is 0 Å². The fourth-order valence-corrected chi connectivity index (χ4v) is 5.44.